The van der Waals surface area contributed by atoms with Crippen molar-refractivity contribution in [3.63, 3.8) is 0 Å². The van der Waals surface area contributed by atoms with Crippen molar-refractivity contribution < 1.29 is 0 Å². The van der Waals surface area contributed by atoms with Crippen LogP contribution in [0.25, 0.3) is 0 Å². The van der Waals surface area contributed by atoms with Crippen molar-refractivity contribution in [1.29, 1.82) is 0 Å². The van der Waals surface area contributed by atoms with Gasteiger partial charge in [0.15, 0.2) is 0 Å². The summed E-state index contributed by atoms with van der Waals surface area (Å²) in [6, 6.07) is 0.807. The third-order valence-corrected chi connectivity index (χ3v) is 5.50. The molecule has 2 heteroatoms. The number of thioether (sulfide) groups is 1. The van der Waals surface area contributed by atoms with Crippen LogP contribution in [0.15, 0.2) is 0 Å². The van der Waals surface area contributed by atoms with Crippen LogP contribution in [0.1, 0.15) is 44.9 Å². The smallest absolute Gasteiger partial charge is 0.0201 e. The summed E-state index contributed by atoms with van der Waals surface area (Å²) in [6.45, 7) is 0. The quantitative estimate of drug-likeness (QED) is 0.770. The summed E-state index contributed by atoms with van der Waals surface area (Å²) in [4.78, 5) is 0. The van der Waals surface area contributed by atoms with Crippen LogP contribution in [0.4, 0.5) is 0 Å². The first-order chi connectivity index (χ1) is 6.90. The van der Waals surface area contributed by atoms with Gasteiger partial charge in [0.1, 0.15) is 0 Å². The predicted octanol–water partition coefficient (Wildman–Crippen LogP) is 3.05. The summed E-state index contributed by atoms with van der Waals surface area (Å²) >= 11 is 2.25. The molecule has 0 bridgehead atoms. The fraction of sp³-hybridized carbons (Fsp3) is 1.00. The lowest BCUT2D eigenvalue weighted by atomic mass is 10.1. The molecule has 14 heavy (non-hydrogen) atoms. The molecule has 2 saturated carbocycles. The van der Waals surface area contributed by atoms with E-state index < -0.39 is 0 Å². The van der Waals surface area contributed by atoms with Crippen molar-refractivity contribution in [2.24, 2.45) is 5.92 Å². The van der Waals surface area contributed by atoms with Crippen LogP contribution in [0.2, 0.25) is 0 Å². The van der Waals surface area contributed by atoms with E-state index in [9.17, 15) is 0 Å². The predicted molar refractivity (Wildman–Crippen MR) is 64.9 cm³/mol. The van der Waals surface area contributed by atoms with Crippen LogP contribution in [0.3, 0.4) is 0 Å². The van der Waals surface area contributed by atoms with E-state index in [4.69, 9.17) is 0 Å². The Morgan fingerprint density at radius 2 is 1.86 bits per heavy atom. The fourth-order valence-corrected chi connectivity index (χ4v) is 4.58. The lowest BCUT2D eigenvalue weighted by Gasteiger charge is -2.20. The van der Waals surface area contributed by atoms with Crippen molar-refractivity contribution in [3.8, 4) is 0 Å². The number of rotatable bonds is 4. The fourth-order valence-electron chi connectivity index (χ4n) is 2.89. The lowest BCUT2D eigenvalue weighted by molar-refractivity contribution is 0.585. The molecule has 0 aliphatic heterocycles. The molecule has 0 aromatic rings. The van der Waals surface area contributed by atoms with Crippen molar-refractivity contribution >= 4 is 11.8 Å². The Bertz CT molecular complexity index is 166. The SMILES string of the molecule is CNC1CCCC1SCC1CCCC1. The van der Waals surface area contributed by atoms with Gasteiger partial charge in [-0.25, -0.2) is 0 Å². The highest BCUT2D eigenvalue weighted by Crippen LogP contribution is 2.34. The lowest BCUT2D eigenvalue weighted by Crippen LogP contribution is -2.31. The van der Waals surface area contributed by atoms with Gasteiger partial charge in [0.2, 0.25) is 0 Å². The summed E-state index contributed by atoms with van der Waals surface area (Å²) in [5.41, 5.74) is 0. The Morgan fingerprint density at radius 1 is 1.07 bits per heavy atom. The highest BCUT2D eigenvalue weighted by atomic mass is 32.2. The molecule has 2 aliphatic rings. The molecule has 0 saturated heterocycles. The van der Waals surface area contributed by atoms with Crippen LogP contribution in [-0.4, -0.2) is 24.1 Å². The van der Waals surface area contributed by atoms with Gasteiger partial charge in [-0.3, -0.25) is 0 Å². The molecular weight excluding hydrogens is 190 g/mol. The zero-order valence-electron chi connectivity index (χ0n) is 9.30. The minimum Gasteiger partial charge on any atom is -0.316 e. The largest absolute Gasteiger partial charge is 0.316 e. The van der Waals surface area contributed by atoms with Gasteiger partial charge in [0.05, 0.1) is 0 Å². The second kappa shape index (κ2) is 5.41. The molecule has 0 amide bonds. The average Bonchev–Trinajstić information content (AvgIpc) is 2.85. The Morgan fingerprint density at radius 3 is 2.57 bits per heavy atom. The molecule has 2 unspecified atom stereocenters. The Kier molecular flexibility index (Phi) is 4.18. The molecular formula is C12H23NS. The first-order valence-corrected chi connectivity index (χ1v) is 7.24. The monoisotopic (exact) mass is 213 g/mol. The maximum atomic E-state index is 3.47. The van der Waals surface area contributed by atoms with Crippen LogP contribution in [-0.2, 0) is 0 Å². The molecule has 82 valence electrons. The second-order valence-corrected chi connectivity index (χ2v) is 6.12. The molecule has 1 N–H and O–H groups in total. The third-order valence-electron chi connectivity index (χ3n) is 3.84. The van der Waals surface area contributed by atoms with Gasteiger partial charge in [-0.15, -0.1) is 0 Å². The van der Waals surface area contributed by atoms with E-state index in [2.05, 4.69) is 24.1 Å². The van der Waals surface area contributed by atoms with Gasteiger partial charge in [0.25, 0.3) is 0 Å². The highest BCUT2D eigenvalue weighted by Gasteiger charge is 2.27. The number of nitrogens with one attached hydrogen (secondary N) is 1. The zero-order valence-corrected chi connectivity index (χ0v) is 10.1. The maximum Gasteiger partial charge on any atom is 0.0201 e. The standard InChI is InChI=1S/C12H23NS/c1-13-11-7-4-8-12(11)14-9-10-5-2-3-6-10/h10-13H,2-9H2,1H3. The minimum absolute atomic E-state index is 0.807. The molecule has 0 aromatic carbocycles. The number of hydrogen-bond donors (Lipinski definition) is 1. The summed E-state index contributed by atoms with van der Waals surface area (Å²) in [7, 11) is 2.12. The van der Waals surface area contributed by atoms with Crippen molar-refractivity contribution in [1.82, 2.24) is 5.32 Å². The highest BCUT2D eigenvalue weighted by molar-refractivity contribution is 7.99. The number of hydrogen-bond acceptors (Lipinski definition) is 2. The molecule has 2 fully saturated rings. The van der Waals surface area contributed by atoms with Crippen molar-refractivity contribution in [2.45, 2.75) is 56.2 Å². The molecule has 2 rings (SSSR count). The normalized spacial score (nSPS) is 34.1. The Hall–Kier alpha value is 0.310. The Balaban J connectivity index is 1.68. The van der Waals surface area contributed by atoms with Gasteiger partial charge in [-0.2, -0.15) is 11.8 Å². The second-order valence-electron chi connectivity index (χ2n) is 4.85. The summed E-state index contributed by atoms with van der Waals surface area (Å²) in [6.07, 6.45) is 10.3. The molecule has 2 aliphatic carbocycles. The van der Waals surface area contributed by atoms with Crippen LogP contribution in [0, 0.1) is 5.92 Å². The molecule has 2 atom stereocenters. The van der Waals surface area contributed by atoms with Gasteiger partial charge < -0.3 is 5.32 Å². The molecule has 0 heterocycles. The van der Waals surface area contributed by atoms with E-state index in [0.717, 1.165) is 17.2 Å². The van der Waals surface area contributed by atoms with Crippen LogP contribution in [0.5, 0.6) is 0 Å². The zero-order chi connectivity index (χ0) is 9.80. The molecule has 0 radical (unpaired) electrons. The van der Waals surface area contributed by atoms with Crippen LogP contribution >= 0.6 is 11.8 Å². The molecule has 0 spiro atoms. The van der Waals surface area contributed by atoms with Gasteiger partial charge >= 0.3 is 0 Å². The first-order valence-electron chi connectivity index (χ1n) is 6.19. The van der Waals surface area contributed by atoms with E-state index in [1.807, 2.05) is 0 Å². The van der Waals surface area contributed by atoms with E-state index in [1.54, 1.807) is 0 Å². The Labute approximate surface area is 92.4 Å². The van der Waals surface area contributed by atoms with E-state index in [-0.39, 0.29) is 0 Å². The molecule has 1 nitrogen and oxygen atoms in total. The van der Waals surface area contributed by atoms with E-state index in [0.29, 0.717) is 0 Å². The summed E-state index contributed by atoms with van der Waals surface area (Å²) < 4.78 is 0. The van der Waals surface area contributed by atoms with E-state index >= 15 is 0 Å². The summed E-state index contributed by atoms with van der Waals surface area (Å²) in [5.74, 6) is 2.49. The molecule has 0 aromatic heterocycles. The first kappa shape index (κ1) is 10.8. The third kappa shape index (κ3) is 2.66. The summed E-state index contributed by atoms with van der Waals surface area (Å²) in [5, 5.41) is 4.39. The van der Waals surface area contributed by atoms with Crippen LogP contribution < -0.4 is 5.32 Å². The minimum atomic E-state index is 0.807. The van der Waals surface area contributed by atoms with Crippen molar-refractivity contribution in [2.75, 3.05) is 12.8 Å². The maximum absolute atomic E-state index is 3.47. The average molecular weight is 213 g/mol. The van der Waals surface area contributed by atoms with E-state index in [1.165, 1.54) is 50.7 Å². The topological polar surface area (TPSA) is 12.0 Å². The van der Waals surface area contributed by atoms with Gasteiger partial charge in [0, 0.05) is 11.3 Å². The van der Waals surface area contributed by atoms with Gasteiger partial charge in [-0.1, -0.05) is 19.3 Å². The van der Waals surface area contributed by atoms with Gasteiger partial charge in [-0.05, 0) is 44.4 Å². The van der Waals surface area contributed by atoms with Crippen molar-refractivity contribution in [3.05, 3.63) is 0 Å².